The fraction of sp³-hybridized carbons (Fsp3) is 0.412. The van der Waals surface area contributed by atoms with Gasteiger partial charge in [0.25, 0.3) is 5.91 Å². The van der Waals surface area contributed by atoms with Gasteiger partial charge < -0.3 is 18.9 Å². The minimum Gasteiger partial charge on any atom is -0.494 e. The fourth-order valence-corrected chi connectivity index (χ4v) is 3.14. The lowest BCUT2D eigenvalue weighted by molar-refractivity contribution is -0.136. The minimum absolute atomic E-state index is 0.0556. The number of amides is 1. The number of methoxy groups -OCH3 is 1. The largest absolute Gasteiger partial charge is 0.494 e. The summed E-state index contributed by atoms with van der Waals surface area (Å²) >= 11 is 0. The van der Waals surface area contributed by atoms with Crippen LogP contribution in [0.25, 0.3) is 11.3 Å². The quantitative estimate of drug-likeness (QED) is 0.272. The van der Waals surface area contributed by atoms with Crippen molar-refractivity contribution in [2.24, 2.45) is 5.84 Å². The van der Waals surface area contributed by atoms with Crippen molar-refractivity contribution in [1.29, 1.82) is 0 Å². The van der Waals surface area contributed by atoms with E-state index in [2.05, 4.69) is 18.6 Å². The lowest BCUT2D eigenvalue weighted by Gasteiger charge is -2.35. The number of carbonyl (C=O) groups excluding carboxylic acids is 2. The van der Waals surface area contributed by atoms with E-state index in [1.807, 2.05) is 23.4 Å². The standard InChI is InChI=1S/C17H24N4O4/c1-7-25-17(23)10(3)13-12(16(22)19-18)15(24-6)14-11(4)20(5)8-9(2)21(13)14/h9H,3-4,7-8,18H2,1-2,5-6H3,(H,19,22)/t9-/m0/s1. The van der Waals surface area contributed by atoms with E-state index in [4.69, 9.17) is 15.3 Å². The van der Waals surface area contributed by atoms with E-state index in [1.54, 1.807) is 6.92 Å². The Morgan fingerprint density at radius 3 is 2.60 bits per heavy atom. The van der Waals surface area contributed by atoms with Crippen molar-refractivity contribution < 1.29 is 19.1 Å². The second-order valence-corrected chi connectivity index (χ2v) is 5.82. The summed E-state index contributed by atoms with van der Waals surface area (Å²) in [5, 5.41) is 0. The number of nitrogens with two attached hydrogens (primary N) is 1. The van der Waals surface area contributed by atoms with E-state index in [1.165, 1.54) is 7.11 Å². The second kappa shape index (κ2) is 7.02. The van der Waals surface area contributed by atoms with Gasteiger partial charge in [-0.3, -0.25) is 10.2 Å². The van der Waals surface area contributed by atoms with Crippen LogP contribution in [-0.4, -0.2) is 48.7 Å². The van der Waals surface area contributed by atoms with Gasteiger partial charge in [0.1, 0.15) is 11.3 Å². The van der Waals surface area contributed by atoms with E-state index >= 15 is 0 Å². The highest BCUT2D eigenvalue weighted by atomic mass is 16.5. The fourth-order valence-electron chi connectivity index (χ4n) is 3.14. The molecule has 0 saturated heterocycles. The molecule has 0 unspecified atom stereocenters. The molecule has 1 aliphatic rings. The molecule has 8 nitrogen and oxygen atoms in total. The van der Waals surface area contributed by atoms with Crippen molar-refractivity contribution >= 4 is 23.1 Å². The van der Waals surface area contributed by atoms with Crippen LogP contribution in [0.4, 0.5) is 0 Å². The van der Waals surface area contributed by atoms with Gasteiger partial charge in [0.05, 0.1) is 30.7 Å². The van der Waals surface area contributed by atoms with Crippen LogP contribution in [0, 0.1) is 0 Å². The van der Waals surface area contributed by atoms with Crippen molar-refractivity contribution in [1.82, 2.24) is 14.9 Å². The SMILES string of the molecule is C=C(C(=O)OCC)c1c(C(=O)NN)c(OC)c2n1[C@@H](C)CN(C)C2=C. The second-order valence-electron chi connectivity index (χ2n) is 5.82. The van der Waals surface area contributed by atoms with Gasteiger partial charge in [-0.25, -0.2) is 10.6 Å². The first-order valence-corrected chi connectivity index (χ1v) is 7.89. The van der Waals surface area contributed by atoms with E-state index in [0.29, 0.717) is 29.4 Å². The maximum Gasteiger partial charge on any atom is 0.339 e. The molecule has 1 aromatic rings. The number of hydrazine groups is 1. The van der Waals surface area contributed by atoms with Gasteiger partial charge in [-0.05, 0) is 13.8 Å². The molecule has 1 amide bonds. The highest BCUT2D eigenvalue weighted by Gasteiger charge is 2.37. The molecular weight excluding hydrogens is 324 g/mol. The Bertz CT molecular complexity index is 750. The highest BCUT2D eigenvalue weighted by Crippen LogP contribution is 2.43. The molecule has 1 aromatic heterocycles. The number of hydrogen-bond donors (Lipinski definition) is 2. The number of fused-ring (bicyclic) bond motifs is 1. The summed E-state index contributed by atoms with van der Waals surface area (Å²) in [6.07, 6.45) is 0. The molecule has 0 fully saturated rings. The van der Waals surface area contributed by atoms with E-state index < -0.39 is 11.9 Å². The summed E-state index contributed by atoms with van der Waals surface area (Å²) in [6.45, 7) is 12.4. The normalized spacial score (nSPS) is 16.3. The molecular formula is C17H24N4O4. The average molecular weight is 348 g/mol. The number of hydrogen-bond acceptors (Lipinski definition) is 6. The van der Waals surface area contributed by atoms with Crippen LogP contribution in [0.1, 0.15) is 41.6 Å². The molecule has 2 rings (SSSR count). The van der Waals surface area contributed by atoms with Gasteiger partial charge in [-0.15, -0.1) is 0 Å². The Labute approximate surface area is 146 Å². The molecule has 25 heavy (non-hydrogen) atoms. The molecule has 136 valence electrons. The van der Waals surface area contributed by atoms with E-state index in [0.717, 1.165) is 0 Å². The number of esters is 1. The smallest absolute Gasteiger partial charge is 0.339 e. The molecule has 0 spiro atoms. The Balaban J connectivity index is 2.83. The van der Waals surface area contributed by atoms with Crippen molar-refractivity contribution in [2.45, 2.75) is 19.9 Å². The van der Waals surface area contributed by atoms with Gasteiger partial charge in [-0.1, -0.05) is 13.2 Å². The number of aromatic nitrogens is 1. The van der Waals surface area contributed by atoms with E-state index in [-0.39, 0.29) is 23.8 Å². The first kappa shape index (κ1) is 18.6. The minimum atomic E-state index is -0.603. The number of nitrogen functional groups attached to an aromatic ring is 1. The third-order valence-corrected chi connectivity index (χ3v) is 4.24. The molecule has 0 aromatic carbocycles. The number of carbonyl (C=O) groups is 2. The summed E-state index contributed by atoms with van der Waals surface area (Å²) in [5.74, 6) is 4.46. The molecule has 1 aliphatic heterocycles. The lowest BCUT2D eigenvalue weighted by atomic mass is 10.1. The number of rotatable bonds is 5. The summed E-state index contributed by atoms with van der Waals surface area (Å²) < 4.78 is 12.4. The van der Waals surface area contributed by atoms with Crippen LogP contribution < -0.4 is 16.0 Å². The Hall–Kier alpha value is -2.74. The Morgan fingerprint density at radius 1 is 1.44 bits per heavy atom. The van der Waals surface area contributed by atoms with Crippen molar-refractivity contribution in [3.8, 4) is 5.75 Å². The number of ether oxygens (including phenoxy) is 2. The van der Waals surface area contributed by atoms with Crippen LogP contribution in [-0.2, 0) is 9.53 Å². The summed E-state index contributed by atoms with van der Waals surface area (Å²) in [4.78, 5) is 26.7. The van der Waals surface area contributed by atoms with Crippen LogP contribution in [0.3, 0.4) is 0 Å². The van der Waals surface area contributed by atoms with Gasteiger partial charge in [0.2, 0.25) is 0 Å². The van der Waals surface area contributed by atoms with Gasteiger partial charge >= 0.3 is 5.97 Å². The van der Waals surface area contributed by atoms with Crippen LogP contribution in [0.2, 0.25) is 0 Å². The number of nitrogens with zero attached hydrogens (tertiary/aromatic N) is 2. The van der Waals surface area contributed by atoms with Gasteiger partial charge in [0, 0.05) is 19.6 Å². The molecule has 8 heteroatoms. The van der Waals surface area contributed by atoms with Crippen molar-refractivity contribution in [3.63, 3.8) is 0 Å². The van der Waals surface area contributed by atoms with E-state index in [9.17, 15) is 9.59 Å². The Morgan fingerprint density at radius 2 is 2.08 bits per heavy atom. The summed E-state index contributed by atoms with van der Waals surface area (Å²) in [5.41, 5.74) is 3.92. The molecule has 0 radical (unpaired) electrons. The highest BCUT2D eigenvalue weighted by molar-refractivity contribution is 6.19. The topological polar surface area (TPSA) is 98.8 Å². The lowest BCUT2D eigenvalue weighted by Crippen LogP contribution is -2.33. The summed E-state index contributed by atoms with van der Waals surface area (Å²) in [7, 11) is 3.35. The van der Waals surface area contributed by atoms with Crippen LogP contribution >= 0.6 is 0 Å². The zero-order chi connectivity index (χ0) is 18.9. The predicted octanol–water partition coefficient (Wildman–Crippen LogP) is 1.15. The average Bonchev–Trinajstić information content (AvgIpc) is 2.94. The van der Waals surface area contributed by atoms with Gasteiger partial charge in [0.15, 0.2) is 5.75 Å². The zero-order valence-electron chi connectivity index (χ0n) is 15.0. The molecule has 3 N–H and O–H groups in total. The van der Waals surface area contributed by atoms with Gasteiger partial charge in [-0.2, -0.15) is 0 Å². The molecule has 1 atom stereocenters. The van der Waals surface area contributed by atoms with Crippen molar-refractivity contribution in [3.05, 3.63) is 30.1 Å². The van der Waals surface area contributed by atoms with Crippen LogP contribution in [0.5, 0.6) is 5.75 Å². The van der Waals surface area contributed by atoms with Crippen LogP contribution in [0.15, 0.2) is 13.2 Å². The maximum atomic E-state index is 12.4. The predicted molar refractivity (Wildman–Crippen MR) is 94.7 cm³/mol. The first-order chi connectivity index (χ1) is 11.8. The summed E-state index contributed by atoms with van der Waals surface area (Å²) in [6, 6.07) is -0.0556. The molecule has 0 aliphatic carbocycles. The maximum absolute atomic E-state index is 12.4. The number of nitrogens with one attached hydrogen (secondary N) is 1. The van der Waals surface area contributed by atoms with Crippen molar-refractivity contribution in [2.75, 3.05) is 27.3 Å². The third-order valence-electron chi connectivity index (χ3n) is 4.24. The Kier molecular flexibility index (Phi) is 5.22. The number of likely N-dealkylation sites (N-methyl/N-ethyl adjacent to an activating group) is 1. The molecule has 2 heterocycles. The third kappa shape index (κ3) is 2.89. The zero-order valence-corrected chi connectivity index (χ0v) is 15.0. The molecule has 0 saturated carbocycles. The monoisotopic (exact) mass is 348 g/mol. The molecule has 0 bridgehead atoms. The first-order valence-electron chi connectivity index (χ1n) is 7.89.